The number of hydrogen-bond donors (Lipinski definition) is 0. The fourth-order valence-electron chi connectivity index (χ4n) is 5.76. The predicted molar refractivity (Wildman–Crippen MR) is 112 cm³/mol. The van der Waals surface area contributed by atoms with E-state index in [2.05, 4.69) is 44.4 Å². The molecule has 1 atom stereocenters. The van der Waals surface area contributed by atoms with Crippen molar-refractivity contribution in [2.24, 2.45) is 0 Å². The van der Waals surface area contributed by atoms with E-state index < -0.39 is 15.2 Å². The highest BCUT2D eigenvalue weighted by Gasteiger charge is 2.51. The van der Waals surface area contributed by atoms with E-state index in [9.17, 15) is 0 Å². The standard InChI is InChI=1S/C22H34Si2/c1-23(2,21-15-13-17-9-5-7-11-19(17)21)24(3,4)22-16-14-18-10-6-8-12-20(18)22/h13-15,21H,5-12,16H2,1-4H3. The fourth-order valence-corrected chi connectivity index (χ4v) is 17.0. The summed E-state index contributed by atoms with van der Waals surface area (Å²) in [4.78, 5) is 0. The Labute approximate surface area is 150 Å². The number of allylic oxidation sites excluding steroid dienone is 8. The average molecular weight is 355 g/mol. The minimum Gasteiger partial charge on any atom is -0.0800 e. The molecule has 1 saturated carbocycles. The van der Waals surface area contributed by atoms with Crippen LogP contribution in [0.5, 0.6) is 0 Å². The highest BCUT2D eigenvalue weighted by atomic mass is 29.3. The van der Waals surface area contributed by atoms with Crippen molar-refractivity contribution in [2.75, 3.05) is 0 Å². The lowest BCUT2D eigenvalue weighted by atomic mass is 9.92. The zero-order valence-corrected chi connectivity index (χ0v) is 18.2. The first-order valence-corrected chi connectivity index (χ1v) is 17.3. The maximum Gasteiger partial charge on any atom is 0.0705 e. The molecule has 0 spiro atoms. The Bertz CT molecular complexity index is 670. The van der Waals surface area contributed by atoms with Gasteiger partial charge in [0.2, 0.25) is 0 Å². The summed E-state index contributed by atoms with van der Waals surface area (Å²) in [7, 11) is -2.71. The lowest BCUT2D eigenvalue weighted by molar-refractivity contribution is 0.678. The van der Waals surface area contributed by atoms with E-state index in [1.54, 1.807) is 11.1 Å². The average Bonchev–Trinajstić information content (AvgIpc) is 3.19. The second-order valence-corrected chi connectivity index (χ2v) is 25.1. The number of fused-ring (bicyclic) bond motifs is 1. The van der Waals surface area contributed by atoms with E-state index in [1.807, 2.05) is 16.3 Å². The summed E-state index contributed by atoms with van der Waals surface area (Å²) in [6.45, 7) is 11.0. The lowest BCUT2D eigenvalue weighted by Crippen LogP contribution is -2.59. The molecule has 1 fully saturated rings. The Morgan fingerprint density at radius 2 is 1.58 bits per heavy atom. The Morgan fingerprint density at radius 3 is 2.42 bits per heavy atom. The van der Waals surface area contributed by atoms with Gasteiger partial charge in [0.25, 0.3) is 0 Å². The molecule has 0 aromatic rings. The first kappa shape index (κ1) is 16.8. The minimum atomic E-state index is -1.37. The maximum atomic E-state index is 2.74. The highest BCUT2D eigenvalue weighted by molar-refractivity contribution is 7.44. The van der Waals surface area contributed by atoms with Gasteiger partial charge >= 0.3 is 0 Å². The summed E-state index contributed by atoms with van der Waals surface area (Å²) in [6, 6.07) is 0. The maximum absolute atomic E-state index is 2.74. The van der Waals surface area contributed by atoms with Crippen LogP contribution in [0.1, 0.15) is 57.8 Å². The largest absolute Gasteiger partial charge is 0.0800 e. The molecule has 0 aromatic carbocycles. The van der Waals surface area contributed by atoms with Crippen molar-refractivity contribution >= 4 is 15.2 Å². The van der Waals surface area contributed by atoms with Gasteiger partial charge in [0, 0.05) is 0 Å². The van der Waals surface area contributed by atoms with E-state index >= 15 is 0 Å². The van der Waals surface area contributed by atoms with Crippen molar-refractivity contribution in [3.8, 4) is 0 Å². The van der Waals surface area contributed by atoms with Crippen LogP contribution in [0.2, 0.25) is 31.7 Å². The molecule has 130 valence electrons. The van der Waals surface area contributed by atoms with Gasteiger partial charge < -0.3 is 0 Å². The topological polar surface area (TPSA) is 0 Å². The molecule has 4 aliphatic carbocycles. The van der Waals surface area contributed by atoms with Gasteiger partial charge in [-0.3, -0.25) is 0 Å². The first-order chi connectivity index (χ1) is 11.4. The lowest BCUT2D eigenvalue weighted by Gasteiger charge is -2.45. The zero-order valence-electron chi connectivity index (χ0n) is 16.2. The van der Waals surface area contributed by atoms with Crippen molar-refractivity contribution in [2.45, 2.75) is 89.5 Å². The van der Waals surface area contributed by atoms with Gasteiger partial charge in [-0.15, -0.1) is 0 Å². The van der Waals surface area contributed by atoms with Gasteiger partial charge in [-0.25, -0.2) is 0 Å². The molecule has 0 N–H and O–H groups in total. The van der Waals surface area contributed by atoms with Gasteiger partial charge in [0.05, 0.1) is 15.2 Å². The minimum absolute atomic E-state index is 0.843. The first-order valence-electron chi connectivity index (χ1n) is 10.2. The van der Waals surface area contributed by atoms with Crippen LogP contribution in [-0.4, -0.2) is 15.2 Å². The molecular formula is C22H34Si2. The molecule has 0 heterocycles. The molecular weight excluding hydrogens is 320 g/mol. The SMILES string of the molecule is C[Si](C)(C1=C2CCCCC2=CC1)[Si](C)(C)C1C=CC2=C1CCCC2. The third-order valence-corrected chi connectivity index (χ3v) is 26.8. The van der Waals surface area contributed by atoms with Crippen LogP contribution < -0.4 is 0 Å². The summed E-state index contributed by atoms with van der Waals surface area (Å²) in [5.74, 6) is 0. The van der Waals surface area contributed by atoms with Gasteiger partial charge in [0.15, 0.2) is 0 Å². The Morgan fingerprint density at radius 1 is 0.875 bits per heavy atom. The second-order valence-electron chi connectivity index (χ2n) is 9.54. The van der Waals surface area contributed by atoms with E-state index in [1.165, 1.54) is 57.8 Å². The normalized spacial score (nSPS) is 27.5. The Hall–Kier alpha value is -0.606. The monoisotopic (exact) mass is 354 g/mol. The molecule has 1 unspecified atom stereocenters. The second kappa shape index (κ2) is 5.98. The Kier molecular flexibility index (Phi) is 4.20. The highest BCUT2D eigenvalue weighted by Crippen LogP contribution is 2.51. The molecule has 2 heteroatoms. The zero-order chi connectivity index (χ0) is 16.9. The molecule has 0 aliphatic heterocycles. The van der Waals surface area contributed by atoms with Crippen LogP contribution in [0.25, 0.3) is 0 Å². The number of rotatable bonds is 3. The van der Waals surface area contributed by atoms with E-state index in [0.29, 0.717) is 0 Å². The van der Waals surface area contributed by atoms with Crippen LogP contribution in [0.4, 0.5) is 0 Å². The molecule has 4 aliphatic rings. The van der Waals surface area contributed by atoms with Crippen molar-refractivity contribution in [1.29, 1.82) is 0 Å². The van der Waals surface area contributed by atoms with Crippen LogP contribution in [0, 0.1) is 0 Å². The van der Waals surface area contributed by atoms with Crippen LogP contribution in [0.3, 0.4) is 0 Å². The fraction of sp³-hybridized carbons (Fsp3) is 0.636. The third-order valence-electron chi connectivity index (χ3n) is 7.99. The third kappa shape index (κ3) is 2.44. The molecule has 0 bridgehead atoms. The van der Waals surface area contributed by atoms with Crippen molar-refractivity contribution in [3.05, 3.63) is 45.7 Å². The van der Waals surface area contributed by atoms with Gasteiger partial charge in [-0.2, -0.15) is 0 Å². The van der Waals surface area contributed by atoms with Gasteiger partial charge in [-0.1, -0.05) is 55.2 Å². The number of hydrogen-bond acceptors (Lipinski definition) is 0. The summed E-state index contributed by atoms with van der Waals surface area (Å²) in [6.07, 6.45) is 20.3. The summed E-state index contributed by atoms with van der Waals surface area (Å²) < 4.78 is 0. The molecule has 0 nitrogen and oxygen atoms in total. The van der Waals surface area contributed by atoms with Gasteiger partial charge in [-0.05, 0) is 80.0 Å². The quantitative estimate of drug-likeness (QED) is 0.477. The van der Waals surface area contributed by atoms with E-state index in [-0.39, 0.29) is 0 Å². The molecule has 4 rings (SSSR count). The molecule has 0 saturated heterocycles. The molecule has 0 radical (unpaired) electrons. The van der Waals surface area contributed by atoms with Crippen LogP contribution >= 0.6 is 0 Å². The van der Waals surface area contributed by atoms with Gasteiger partial charge in [0.1, 0.15) is 0 Å². The van der Waals surface area contributed by atoms with Crippen LogP contribution in [0.15, 0.2) is 45.7 Å². The summed E-state index contributed by atoms with van der Waals surface area (Å²) in [5, 5.41) is 1.96. The van der Waals surface area contributed by atoms with Crippen LogP contribution in [-0.2, 0) is 0 Å². The molecule has 0 amide bonds. The molecule has 0 aromatic heterocycles. The smallest absolute Gasteiger partial charge is 0.0705 e. The predicted octanol–water partition coefficient (Wildman–Crippen LogP) is 7.03. The van der Waals surface area contributed by atoms with E-state index in [4.69, 9.17) is 0 Å². The Balaban J connectivity index is 1.69. The van der Waals surface area contributed by atoms with Crippen molar-refractivity contribution in [3.63, 3.8) is 0 Å². The summed E-state index contributed by atoms with van der Waals surface area (Å²) in [5.41, 5.74) is 8.05. The summed E-state index contributed by atoms with van der Waals surface area (Å²) >= 11 is 0. The van der Waals surface area contributed by atoms with Crippen molar-refractivity contribution in [1.82, 2.24) is 0 Å². The van der Waals surface area contributed by atoms with E-state index in [0.717, 1.165) is 5.54 Å². The van der Waals surface area contributed by atoms with Crippen molar-refractivity contribution < 1.29 is 0 Å². The molecule has 24 heavy (non-hydrogen) atoms.